The Morgan fingerprint density at radius 1 is 1.32 bits per heavy atom. The first-order chi connectivity index (χ1) is 8.93. The van der Waals surface area contributed by atoms with E-state index in [2.05, 4.69) is 31.1 Å². The van der Waals surface area contributed by atoms with Gasteiger partial charge in [0.15, 0.2) is 0 Å². The van der Waals surface area contributed by atoms with Gasteiger partial charge in [-0.25, -0.2) is 4.98 Å². The number of hydrogen-bond acceptors (Lipinski definition) is 4. The summed E-state index contributed by atoms with van der Waals surface area (Å²) >= 11 is 1.82. The zero-order valence-electron chi connectivity index (χ0n) is 12.2. The van der Waals surface area contributed by atoms with Crippen LogP contribution >= 0.6 is 11.3 Å². The Kier molecular flexibility index (Phi) is 3.44. The molecule has 19 heavy (non-hydrogen) atoms. The summed E-state index contributed by atoms with van der Waals surface area (Å²) < 4.78 is 0. The van der Waals surface area contributed by atoms with Crippen LogP contribution in [0.4, 0.5) is 0 Å². The van der Waals surface area contributed by atoms with Crippen molar-refractivity contribution in [2.45, 2.75) is 76.5 Å². The average Bonchev–Trinajstić information content (AvgIpc) is 2.85. The van der Waals surface area contributed by atoms with Crippen LogP contribution in [-0.4, -0.2) is 28.0 Å². The molecule has 2 unspecified atom stereocenters. The first-order valence-electron chi connectivity index (χ1n) is 7.39. The molecular formula is C15H25N3S. The van der Waals surface area contributed by atoms with Crippen molar-refractivity contribution < 1.29 is 0 Å². The van der Waals surface area contributed by atoms with E-state index in [0.29, 0.717) is 18.1 Å². The molecule has 0 amide bonds. The first kappa shape index (κ1) is 13.5. The monoisotopic (exact) mass is 279 g/mol. The lowest BCUT2D eigenvalue weighted by molar-refractivity contribution is 0.119. The van der Waals surface area contributed by atoms with E-state index in [-0.39, 0.29) is 5.41 Å². The van der Waals surface area contributed by atoms with Crippen molar-refractivity contribution in [3.8, 4) is 0 Å². The molecular weight excluding hydrogens is 254 g/mol. The van der Waals surface area contributed by atoms with Crippen LogP contribution in [0.2, 0.25) is 0 Å². The number of thiazole rings is 1. The van der Waals surface area contributed by atoms with Gasteiger partial charge in [-0.3, -0.25) is 4.90 Å². The summed E-state index contributed by atoms with van der Waals surface area (Å²) in [5.74, 6) is 0. The van der Waals surface area contributed by atoms with Gasteiger partial charge in [-0.2, -0.15) is 0 Å². The Balaban J connectivity index is 1.71. The standard InChI is InChI=1S/C15H25N3S/c1-15(2,3)13-9-19-14(17-13)8-18-11-4-5-12(18)7-10(16)6-11/h9-12H,4-8,16H2,1-3H3. The summed E-state index contributed by atoms with van der Waals surface area (Å²) in [5.41, 5.74) is 7.53. The highest BCUT2D eigenvalue weighted by atomic mass is 32.1. The van der Waals surface area contributed by atoms with E-state index < -0.39 is 0 Å². The molecule has 0 aromatic carbocycles. The van der Waals surface area contributed by atoms with E-state index in [1.165, 1.54) is 36.4 Å². The normalized spacial score (nSPS) is 31.9. The fraction of sp³-hybridized carbons (Fsp3) is 0.800. The lowest BCUT2D eigenvalue weighted by atomic mass is 9.93. The summed E-state index contributed by atoms with van der Waals surface area (Å²) in [6.45, 7) is 7.73. The fourth-order valence-electron chi connectivity index (χ4n) is 3.46. The Labute approximate surface area is 120 Å². The van der Waals surface area contributed by atoms with Crippen LogP contribution in [0.15, 0.2) is 5.38 Å². The Bertz CT molecular complexity index is 434. The molecule has 1 aromatic rings. The molecule has 2 aliphatic heterocycles. The number of nitrogens with two attached hydrogens (primary N) is 1. The Morgan fingerprint density at radius 3 is 2.47 bits per heavy atom. The molecule has 4 heteroatoms. The summed E-state index contributed by atoms with van der Waals surface area (Å²) in [6, 6.07) is 1.83. The smallest absolute Gasteiger partial charge is 0.107 e. The van der Waals surface area contributed by atoms with E-state index in [9.17, 15) is 0 Å². The van der Waals surface area contributed by atoms with Gasteiger partial charge in [0.25, 0.3) is 0 Å². The second-order valence-electron chi connectivity index (χ2n) is 7.17. The van der Waals surface area contributed by atoms with Crippen molar-refractivity contribution in [2.24, 2.45) is 5.73 Å². The second-order valence-corrected chi connectivity index (χ2v) is 8.11. The Hall–Kier alpha value is -0.450. The van der Waals surface area contributed by atoms with Gasteiger partial charge in [-0.15, -0.1) is 11.3 Å². The molecule has 0 spiro atoms. The van der Waals surface area contributed by atoms with E-state index in [1.54, 1.807) is 0 Å². The lowest BCUT2D eigenvalue weighted by Crippen LogP contribution is -2.46. The van der Waals surface area contributed by atoms with Gasteiger partial charge in [-0.1, -0.05) is 20.8 Å². The van der Waals surface area contributed by atoms with Crippen LogP contribution in [-0.2, 0) is 12.0 Å². The van der Waals surface area contributed by atoms with Crippen LogP contribution < -0.4 is 5.73 Å². The number of hydrogen-bond donors (Lipinski definition) is 1. The molecule has 1 aromatic heterocycles. The summed E-state index contributed by atoms with van der Waals surface area (Å²) in [4.78, 5) is 7.50. The van der Waals surface area contributed by atoms with Crippen molar-refractivity contribution in [3.05, 3.63) is 16.1 Å². The number of fused-ring (bicyclic) bond motifs is 2. The predicted octanol–water partition coefficient (Wildman–Crippen LogP) is 2.89. The van der Waals surface area contributed by atoms with Gasteiger partial charge >= 0.3 is 0 Å². The maximum Gasteiger partial charge on any atom is 0.107 e. The molecule has 2 atom stereocenters. The van der Waals surface area contributed by atoms with E-state index in [4.69, 9.17) is 10.7 Å². The van der Waals surface area contributed by atoms with Gasteiger partial charge < -0.3 is 5.73 Å². The van der Waals surface area contributed by atoms with Crippen LogP contribution in [0.3, 0.4) is 0 Å². The van der Waals surface area contributed by atoms with Gasteiger partial charge in [0.2, 0.25) is 0 Å². The largest absolute Gasteiger partial charge is 0.328 e. The minimum atomic E-state index is 0.165. The molecule has 106 valence electrons. The third-order valence-electron chi connectivity index (χ3n) is 4.56. The molecule has 0 saturated carbocycles. The molecule has 0 radical (unpaired) electrons. The minimum absolute atomic E-state index is 0.165. The third-order valence-corrected chi connectivity index (χ3v) is 5.39. The van der Waals surface area contributed by atoms with E-state index >= 15 is 0 Å². The van der Waals surface area contributed by atoms with Crippen molar-refractivity contribution in [2.75, 3.05) is 0 Å². The third kappa shape index (κ3) is 2.71. The summed E-state index contributed by atoms with van der Waals surface area (Å²) in [7, 11) is 0. The van der Waals surface area contributed by atoms with E-state index in [1.807, 2.05) is 11.3 Å². The molecule has 0 aliphatic carbocycles. The van der Waals surface area contributed by atoms with Gasteiger partial charge in [0, 0.05) is 28.9 Å². The van der Waals surface area contributed by atoms with Gasteiger partial charge in [0.05, 0.1) is 12.2 Å². The minimum Gasteiger partial charge on any atom is -0.328 e. The first-order valence-corrected chi connectivity index (χ1v) is 8.27. The summed E-state index contributed by atoms with van der Waals surface area (Å²) in [6.07, 6.45) is 5.01. The topological polar surface area (TPSA) is 42.1 Å². The zero-order chi connectivity index (χ0) is 13.6. The number of nitrogens with zero attached hydrogens (tertiary/aromatic N) is 2. The van der Waals surface area contributed by atoms with Crippen molar-refractivity contribution >= 4 is 11.3 Å². The summed E-state index contributed by atoms with van der Waals surface area (Å²) in [5, 5.41) is 3.50. The number of aromatic nitrogens is 1. The molecule has 2 saturated heterocycles. The van der Waals surface area contributed by atoms with Crippen molar-refractivity contribution in [1.29, 1.82) is 0 Å². The highest BCUT2D eigenvalue weighted by Gasteiger charge is 2.39. The lowest BCUT2D eigenvalue weighted by Gasteiger charge is -2.37. The highest BCUT2D eigenvalue weighted by molar-refractivity contribution is 7.09. The highest BCUT2D eigenvalue weighted by Crippen LogP contribution is 2.36. The molecule has 3 heterocycles. The number of piperidine rings is 1. The maximum absolute atomic E-state index is 6.13. The molecule has 2 fully saturated rings. The van der Waals surface area contributed by atoms with E-state index in [0.717, 1.165) is 6.54 Å². The zero-order valence-corrected chi connectivity index (χ0v) is 13.0. The molecule has 2 bridgehead atoms. The predicted molar refractivity (Wildman–Crippen MR) is 80.4 cm³/mol. The maximum atomic E-state index is 6.13. The van der Waals surface area contributed by atoms with Crippen LogP contribution in [0, 0.1) is 0 Å². The quantitative estimate of drug-likeness (QED) is 0.905. The Morgan fingerprint density at radius 2 is 1.95 bits per heavy atom. The number of rotatable bonds is 2. The van der Waals surface area contributed by atoms with Gasteiger partial charge in [0.1, 0.15) is 5.01 Å². The van der Waals surface area contributed by atoms with Crippen LogP contribution in [0.25, 0.3) is 0 Å². The SMILES string of the molecule is CC(C)(C)c1csc(CN2C3CCC2CC(N)C3)n1. The van der Waals surface area contributed by atoms with Gasteiger partial charge in [-0.05, 0) is 25.7 Å². The second kappa shape index (κ2) is 4.83. The molecule has 3 nitrogen and oxygen atoms in total. The molecule has 2 N–H and O–H groups in total. The van der Waals surface area contributed by atoms with Crippen molar-refractivity contribution in [3.63, 3.8) is 0 Å². The van der Waals surface area contributed by atoms with Crippen LogP contribution in [0.5, 0.6) is 0 Å². The van der Waals surface area contributed by atoms with Crippen molar-refractivity contribution in [1.82, 2.24) is 9.88 Å². The average molecular weight is 279 g/mol. The molecule has 2 aliphatic rings. The van der Waals surface area contributed by atoms with Crippen LogP contribution in [0.1, 0.15) is 57.2 Å². The molecule has 3 rings (SSSR count). The fourth-order valence-corrected chi connectivity index (χ4v) is 4.49.